The molecule has 0 radical (unpaired) electrons. The molecule has 0 fully saturated rings. The number of carbonyl (C=O) groups is 2. The number of aromatic nitrogens is 1. The standard InChI is InChI=1S/C26H27F3N2O3/c1-4-5-8-15-34-25(33)19-11-13-20(14-12-19)30-24(32)21-16-17(2)31(18(21)3)23-10-7-6-9-22(23)26(27,28)29/h6-7,9-14,16H,4-5,8,15H2,1-3H3,(H,30,32). The Kier molecular flexibility index (Phi) is 7.81. The summed E-state index contributed by atoms with van der Waals surface area (Å²) >= 11 is 0. The second-order valence-corrected chi connectivity index (χ2v) is 8.01. The topological polar surface area (TPSA) is 60.3 Å². The van der Waals surface area contributed by atoms with E-state index in [1.165, 1.54) is 22.8 Å². The number of esters is 1. The van der Waals surface area contributed by atoms with Crippen LogP contribution in [0.3, 0.4) is 0 Å². The van der Waals surface area contributed by atoms with Crippen LogP contribution < -0.4 is 5.32 Å². The molecule has 0 unspecified atom stereocenters. The Morgan fingerprint density at radius 3 is 2.32 bits per heavy atom. The van der Waals surface area contributed by atoms with Crippen LogP contribution in [0.5, 0.6) is 0 Å². The third-order valence-corrected chi connectivity index (χ3v) is 5.49. The van der Waals surface area contributed by atoms with Gasteiger partial charge in [0.05, 0.1) is 29.0 Å². The Hall–Kier alpha value is -3.55. The van der Waals surface area contributed by atoms with Crippen molar-refractivity contribution < 1.29 is 27.5 Å². The van der Waals surface area contributed by atoms with Crippen LogP contribution in [0.25, 0.3) is 5.69 Å². The second-order valence-electron chi connectivity index (χ2n) is 8.01. The molecule has 1 amide bonds. The average Bonchev–Trinajstić information content (AvgIpc) is 3.10. The maximum atomic E-state index is 13.5. The van der Waals surface area contributed by atoms with Crippen molar-refractivity contribution in [3.05, 3.63) is 82.7 Å². The summed E-state index contributed by atoms with van der Waals surface area (Å²) in [6, 6.07) is 13.1. The highest BCUT2D eigenvalue weighted by atomic mass is 19.4. The number of rotatable bonds is 8. The average molecular weight is 473 g/mol. The van der Waals surface area contributed by atoms with E-state index in [2.05, 4.69) is 12.2 Å². The minimum Gasteiger partial charge on any atom is -0.462 e. The van der Waals surface area contributed by atoms with E-state index < -0.39 is 23.6 Å². The number of nitrogens with zero attached hydrogens (tertiary/aromatic N) is 1. The number of aryl methyl sites for hydroxylation is 1. The van der Waals surface area contributed by atoms with E-state index in [-0.39, 0.29) is 11.3 Å². The number of nitrogens with one attached hydrogen (secondary N) is 1. The van der Waals surface area contributed by atoms with Crippen molar-refractivity contribution >= 4 is 17.6 Å². The Bertz CT molecular complexity index is 1170. The number of ether oxygens (including phenoxy) is 1. The summed E-state index contributed by atoms with van der Waals surface area (Å²) in [6.45, 7) is 5.68. The summed E-state index contributed by atoms with van der Waals surface area (Å²) in [7, 11) is 0. The largest absolute Gasteiger partial charge is 0.462 e. The smallest absolute Gasteiger partial charge is 0.418 e. The van der Waals surface area contributed by atoms with Crippen LogP contribution >= 0.6 is 0 Å². The van der Waals surface area contributed by atoms with Gasteiger partial charge in [-0.25, -0.2) is 4.79 Å². The molecular formula is C26H27F3N2O3. The van der Waals surface area contributed by atoms with Crippen LogP contribution in [-0.2, 0) is 10.9 Å². The highest BCUT2D eigenvalue weighted by Crippen LogP contribution is 2.35. The van der Waals surface area contributed by atoms with Gasteiger partial charge in [-0.15, -0.1) is 0 Å². The van der Waals surface area contributed by atoms with Gasteiger partial charge in [0.1, 0.15) is 0 Å². The number of unbranched alkanes of at least 4 members (excludes halogenated alkanes) is 2. The van der Waals surface area contributed by atoms with Crippen molar-refractivity contribution in [3.63, 3.8) is 0 Å². The molecule has 0 atom stereocenters. The zero-order chi connectivity index (χ0) is 24.9. The third kappa shape index (κ3) is 5.68. The Labute approximate surface area is 196 Å². The van der Waals surface area contributed by atoms with Gasteiger partial charge >= 0.3 is 12.1 Å². The van der Waals surface area contributed by atoms with E-state index in [0.29, 0.717) is 29.2 Å². The van der Waals surface area contributed by atoms with Crippen LogP contribution in [0, 0.1) is 13.8 Å². The monoisotopic (exact) mass is 472 g/mol. The highest BCUT2D eigenvalue weighted by molar-refractivity contribution is 6.05. The first-order valence-electron chi connectivity index (χ1n) is 11.1. The fourth-order valence-electron chi connectivity index (χ4n) is 3.76. The molecule has 5 nitrogen and oxygen atoms in total. The molecule has 0 saturated heterocycles. The Balaban J connectivity index is 1.77. The first-order valence-corrected chi connectivity index (χ1v) is 11.1. The van der Waals surface area contributed by atoms with Gasteiger partial charge in [0, 0.05) is 17.1 Å². The van der Waals surface area contributed by atoms with Crippen molar-refractivity contribution in [1.29, 1.82) is 0 Å². The van der Waals surface area contributed by atoms with Crippen molar-refractivity contribution in [2.45, 2.75) is 46.2 Å². The molecule has 0 aliphatic carbocycles. The molecule has 34 heavy (non-hydrogen) atoms. The van der Waals surface area contributed by atoms with Gasteiger partial charge in [-0.05, 0) is 62.7 Å². The molecule has 0 aliphatic rings. The van der Waals surface area contributed by atoms with Gasteiger partial charge in [-0.3, -0.25) is 4.79 Å². The molecule has 3 rings (SSSR count). The maximum Gasteiger partial charge on any atom is 0.418 e. The first-order chi connectivity index (χ1) is 16.1. The summed E-state index contributed by atoms with van der Waals surface area (Å²) in [5, 5.41) is 2.74. The summed E-state index contributed by atoms with van der Waals surface area (Å²) in [4.78, 5) is 25.0. The summed E-state index contributed by atoms with van der Waals surface area (Å²) < 4.78 is 47.2. The number of halogens is 3. The molecule has 3 aromatic rings. The zero-order valence-corrected chi connectivity index (χ0v) is 19.3. The number of hydrogen-bond donors (Lipinski definition) is 1. The highest BCUT2D eigenvalue weighted by Gasteiger charge is 2.34. The fourth-order valence-corrected chi connectivity index (χ4v) is 3.76. The maximum absolute atomic E-state index is 13.5. The van der Waals surface area contributed by atoms with Crippen molar-refractivity contribution in [2.24, 2.45) is 0 Å². The van der Waals surface area contributed by atoms with Crippen LogP contribution in [-0.4, -0.2) is 23.1 Å². The van der Waals surface area contributed by atoms with E-state index in [1.807, 2.05) is 0 Å². The van der Waals surface area contributed by atoms with E-state index in [4.69, 9.17) is 4.74 Å². The van der Waals surface area contributed by atoms with Crippen molar-refractivity contribution in [2.75, 3.05) is 11.9 Å². The number of alkyl halides is 3. The van der Waals surface area contributed by atoms with E-state index in [1.54, 1.807) is 44.2 Å². The lowest BCUT2D eigenvalue weighted by Gasteiger charge is -2.16. The van der Waals surface area contributed by atoms with Crippen molar-refractivity contribution in [3.8, 4) is 5.69 Å². The number of hydrogen-bond acceptors (Lipinski definition) is 3. The second kappa shape index (κ2) is 10.6. The van der Waals surface area contributed by atoms with E-state index in [9.17, 15) is 22.8 Å². The Morgan fingerprint density at radius 2 is 1.68 bits per heavy atom. The van der Waals surface area contributed by atoms with Gasteiger partial charge < -0.3 is 14.6 Å². The molecule has 0 aliphatic heterocycles. The normalized spacial score (nSPS) is 11.4. The molecule has 1 aromatic heterocycles. The molecule has 1 N–H and O–H groups in total. The molecular weight excluding hydrogens is 445 g/mol. The predicted molar refractivity (Wildman–Crippen MR) is 124 cm³/mol. The quantitative estimate of drug-likeness (QED) is 0.293. The number of para-hydroxylation sites is 1. The van der Waals surface area contributed by atoms with Crippen LogP contribution in [0.4, 0.5) is 18.9 Å². The predicted octanol–water partition coefficient (Wildman–Crippen LogP) is 6.71. The number of amides is 1. The molecule has 8 heteroatoms. The lowest BCUT2D eigenvalue weighted by atomic mass is 10.1. The lowest BCUT2D eigenvalue weighted by molar-refractivity contribution is -0.137. The number of anilines is 1. The van der Waals surface area contributed by atoms with Crippen LogP contribution in [0.15, 0.2) is 54.6 Å². The number of benzene rings is 2. The minimum atomic E-state index is -4.53. The van der Waals surface area contributed by atoms with Crippen LogP contribution in [0.2, 0.25) is 0 Å². The zero-order valence-electron chi connectivity index (χ0n) is 19.3. The van der Waals surface area contributed by atoms with Gasteiger partial charge in [0.2, 0.25) is 0 Å². The van der Waals surface area contributed by atoms with Gasteiger partial charge in [0.15, 0.2) is 0 Å². The fraction of sp³-hybridized carbons (Fsp3) is 0.308. The van der Waals surface area contributed by atoms with Gasteiger partial charge in [-0.2, -0.15) is 13.2 Å². The summed E-state index contributed by atoms with van der Waals surface area (Å²) in [6.07, 6.45) is -1.70. The van der Waals surface area contributed by atoms with Crippen molar-refractivity contribution in [1.82, 2.24) is 4.57 Å². The lowest BCUT2D eigenvalue weighted by Crippen LogP contribution is -2.15. The summed E-state index contributed by atoms with van der Waals surface area (Å²) in [5.41, 5.74) is 1.16. The Morgan fingerprint density at radius 1 is 1.00 bits per heavy atom. The molecule has 0 bridgehead atoms. The molecule has 0 saturated carbocycles. The van der Waals surface area contributed by atoms with Gasteiger partial charge in [-0.1, -0.05) is 31.9 Å². The van der Waals surface area contributed by atoms with Crippen LogP contribution in [0.1, 0.15) is 63.9 Å². The summed E-state index contributed by atoms with van der Waals surface area (Å²) in [5.74, 6) is -0.889. The number of carbonyl (C=O) groups excluding carboxylic acids is 2. The van der Waals surface area contributed by atoms with E-state index in [0.717, 1.165) is 25.3 Å². The SMILES string of the molecule is CCCCCOC(=O)c1ccc(NC(=O)c2cc(C)n(-c3ccccc3C(F)(F)F)c2C)cc1. The third-order valence-electron chi connectivity index (χ3n) is 5.49. The van der Waals surface area contributed by atoms with E-state index >= 15 is 0 Å². The molecule has 2 aromatic carbocycles. The first kappa shape index (κ1) is 25.1. The minimum absolute atomic E-state index is 0.0362. The van der Waals surface area contributed by atoms with Gasteiger partial charge in [0.25, 0.3) is 5.91 Å². The molecule has 1 heterocycles. The molecule has 0 spiro atoms. The molecule has 180 valence electrons.